The number of nitrogens with one attached hydrogen (secondary N) is 1. The zero-order valence-electron chi connectivity index (χ0n) is 11.6. The Morgan fingerprint density at radius 2 is 1.86 bits per heavy atom. The minimum absolute atomic E-state index is 0.487. The first kappa shape index (κ1) is 14.9. The molecule has 2 heterocycles. The predicted octanol–water partition coefficient (Wildman–Crippen LogP) is 4.42. The fourth-order valence-corrected chi connectivity index (χ4v) is 3.57. The summed E-state index contributed by atoms with van der Waals surface area (Å²) in [5.74, 6) is 0. The van der Waals surface area contributed by atoms with Gasteiger partial charge in [-0.15, -0.1) is 0 Å². The summed E-state index contributed by atoms with van der Waals surface area (Å²) in [6, 6.07) is 10.8. The molecule has 3 nitrogen and oxygen atoms in total. The van der Waals surface area contributed by atoms with Crippen molar-refractivity contribution in [1.82, 2.24) is 4.98 Å². The van der Waals surface area contributed by atoms with E-state index >= 15 is 0 Å². The molecule has 0 amide bonds. The second kappa shape index (κ2) is 6.83. The molecule has 1 fully saturated rings. The number of hydrogen-bond acceptors (Lipinski definition) is 3. The van der Waals surface area contributed by atoms with Crippen LogP contribution in [0.4, 0.5) is 11.4 Å². The molecule has 1 aromatic carbocycles. The second-order valence-electron chi connectivity index (χ2n) is 5.24. The van der Waals surface area contributed by atoms with E-state index in [0.29, 0.717) is 6.04 Å². The topological polar surface area (TPSA) is 28.2 Å². The van der Waals surface area contributed by atoms with Crippen LogP contribution in [0.1, 0.15) is 12.8 Å². The normalized spacial score (nSPS) is 16.0. The Bertz CT molecular complexity index is 598. The molecule has 21 heavy (non-hydrogen) atoms. The van der Waals surface area contributed by atoms with Gasteiger partial charge in [0.25, 0.3) is 0 Å². The zero-order valence-corrected chi connectivity index (χ0v) is 14.5. The molecule has 1 N–H and O–H groups in total. The van der Waals surface area contributed by atoms with E-state index in [-0.39, 0.29) is 0 Å². The van der Waals surface area contributed by atoms with Gasteiger partial charge in [0.05, 0.1) is 10.7 Å². The Hall–Kier alpha value is -1.01. The van der Waals surface area contributed by atoms with Crippen LogP contribution < -0.4 is 10.2 Å². The van der Waals surface area contributed by atoms with Crippen molar-refractivity contribution in [2.24, 2.45) is 0 Å². The molecule has 0 aliphatic carbocycles. The zero-order chi connectivity index (χ0) is 14.7. The van der Waals surface area contributed by atoms with Gasteiger partial charge in [-0.2, -0.15) is 0 Å². The van der Waals surface area contributed by atoms with Gasteiger partial charge in [-0.3, -0.25) is 4.98 Å². The quantitative estimate of drug-likeness (QED) is 0.755. The van der Waals surface area contributed by atoms with Crippen LogP contribution >= 0.6 is 34.2 Å². The molecule has 1 aliphatic heterocycles. The summed E-state index contributed by atoms with van der Waals surface area (Å²) < 4.78 is 1.16. The van der Waals surface area contributed by atoms with Gasteiger partial charge >= 0.3 is 0 Å². The van der Waals surface area contributed by atoms with E-state index in [1.807, 2.05) is 18.5 Å². The summed E-state index contributed by atoms with van der Waals surface area (Å²) >= 11 is 8.57. The van der Waals surface area contributed by atoms with Crippen LogP contribution in [0.25, 0.3) is 0 Å². The highest BCUT2D eigenvalue weighted by molar-refractivity contribution is 14.1. The standard InChI is InChI=1S/C16H17ClIN3/c17-15-11-12(18)1-2-16(15)20-13-5-9-21(10-6-13)14-3-7-19-8-4-14/h1-4,7-8,11,13,20H,5-6,9-10H2. The number of piperidine rings is 1. The van der Waals surface area contributed by atoms with Gasteiger partial charge in [0.2, 0.25) is 0 Å². The van der Waals surface area contributed by atoms with Crippen molar-refractivity contribution in [3.8, 4) is 0 Å². The maximum atomic E-state index is 6.29. The first-order chi connectivity index (χ1) is 10.2. The molecule has 0 bridgehead atoms. The molecular formula is C16H17ClIN3. The summed E-state index contributed by atoms with van der Waals surface area (Å²) in [4.78, 5) is 6.49. The smallest absolute Gasteiger partial charge is 0.0648 e. The third kappa shape index (κ3) is 3.80. The third-order valence-electron chi connectivity index (χ3n) is 3.81. The van der Waals surface area contributed by atoms with E-state index < -0.39 is 0 Å². The lowest BCUT2D eigenvalue weighted by Crippen LogP contribution is -2.39. The number of anilines is 2. The van der Waals surface area contributed by atoms with Crippen LogP contribution in [-0.4, -0.2) is 24.1 Å². The van der Waals surface area contributed by atoms with Crippen LogP contribution in [0.15, 0.2) is 42.7 Å². The molecule has 2 aromatic rings. The molecule has 5 heteroatoms. The van der Waals surface area contributed by atoms with E-state index in [9.17, 15) is 0 Å². The van der Waals surface area contributed by atoms with Crippen molar-refractivity contribution in [2.75, 3.05) is 23.3 Å². The minimum Gasteiger partial charge on any atom is -0.381 e. The first-order valence-corrected chi connectivity index (χ1v) is 8.54. The Morgan fingerprint density at radius 3 is 2.52 bits per heavy atom. The summed E-state index contributed by atoms with van der Waals surface area (Å²) in [6.45, 7) is 2.12. The van der Waals surface area contributed by atoms with Crippen molar-refractivity contribution in [2.45, 2.75) is 18.9 Å². The molecule has 0 unspecified atom stereocenters. The highest BCUT2D eigenvalue weighted by Gasteiger charge is 2.19. The van der Waals surface area contributed by atoms with Gasteiger partial charge in [0.1, 0.15) is 0 Å². The van der Waals surface area contributed by atoms with Crippen molar-refractivity contribution in [3.63, 3.8) is 0 Å². The van der Waals surface area contributed by atoms with Crippen LogP contribution in [0.3, 0.4) is 0 Å². The average molecular weight is 414 g/mol. The van der Waals surface area contributed by atoms with E-state index in [4.69, 9.17) is 11.6 Å². The highest BCUT2D eigenvalue weighted by atomic mass is 127. The lowest BCUT2D eigenvalue weighted by atomic mass is 10.0. The van der Waals surface area contributed by atoms with Gasteiger partial charge < -0.3 is 10.2 Å². The maximum absolute atomic E-state index is 6.29. The van der Waals surface area contributed by atoms with Crippen LogP contribution in [-0.2, 0) is 0 Å². The van der Waals surface area contributed by atoms with Crippen LogP contribution in [0.2, 0.25) is 5.02 Å². The Balaban J connectivity index is 1.59. The van der Waals surface area contributed by atoms with E-state index in [2.05, 4.69) is 62.1 Å². The fourth-order valence-electron chi connectivity index (χ4n) is 2.66. The molecule has 0 radical (unpaired) electrons. The molecule has 3 rings (SSSR count). The lowest BCUT2D eigenvalue weighted by Gasteiger charge is -2.34. The fraction of sp³-hybridized carbons (Fsp3) is 0.312. The van der Waals surface area contributed by atoms with Crippen LogP contribution in [0.5, 0.6) is 0 Å². The molecule has 0 atom stereocenters. The molecular weight excluding hydrogens is 397 g/mol. The molecule has 1 saturated heterocycles. The first-order valence-electron chi connectivity index (χ1n) is 7.09. The highest BCUT2D eigenvalue weighted by Crippen LogP contribution is 2.27. The SMILES string of the molecule is Clc1cc(I)ccc1NC1CCN(c2ccncc2)CC1. The van der Waals surface area contributed by atoms with Crippen molar-refractivity contribution in [1.29, 1.82) is 0 Å². The number of benzene rings is 1. The second-order valence-corrected chi connectivity index (χ2v) is 6.89. The van der Waals surface area contributed by atoms with Crippen molar-refractivity contribution >= 4 is 45.6 Å². The molecule has 1 aromatic heterocycles. The van der Waals surface area contributed by atoms with Crippen molar-refractivity contribution < 1.29 is 0 Å². The Morgan fingerprint density at radius 1 is 1.14 bits per heavy atom. The van der Waals surface area contributed by atoms with Gasteiger partial charge in [-0.1, -0.05) is 11.6 Å². The van der Waals surface area contributed by atoms with Gasteiger partial charge in [0, 0.05) is 40.8 Å². The van der Waals surface area contributed by atoms with Gasteiger partial charge in [0.15, 0.2) is 0 Å². The molecule has 110 valence electrons. The molecule has 1 aliphatic rings. The molecule has 0 spiro atoms. The van der Waals surface area contributed by atoms with Gasteiger partial charge in [-0.25, -0.2) is 0 Å². The number of rotatable bonds is 3. The largest absolute Gasteiger partial charge is 0.381 e. The van der Waals surface area contributed by atoms with E-state index in [1.54, 1.807) is 0 Å². The number of aromatic nitrogens is 1. The lowest BCUT2D eigenvalue weighted by molar-refractivity contribution is 0.526. The predicted molar refractivity (Wildman–Crippen MR) is 97.3 cm³/mol. The maximum Gasteiger partial charge on any atom is 0.0648 e. The summed E-state index contributed by atoms with van der Waals surface area (Å²) in [5, 5.41) is 4.38. The van der Waals surface area contributed by atoms with Gasteiger partial charge in [-0.05, 0) is 65.8 Å². The Kier molecular flexibility index (Phi) is 4.85. The Labute approximate surface area is 143 Å². The monoisotopic (exact) mass is 413 g/mol. The number of nitrogens with zero attached hydrogens (tertiary/aromatic N) is 2. The van der Waals surface area contributed by atoms with E-state index in [0.717, 1.165) is 40.2 Å². The number of hydrogen-bond donors (Lipinski definition) is 1. The average Bonchev–Trinajstić information content (AvgIpc) is 2.52. The summed E-state index contributed by atoms with van der Waals surface area (Å²) in [5.41, 5.74) is 2.30. The molecule has 0 saturated carbocycles. The van der Waals surface area contributed by atoms with E-state index in [1.165, 1.54) is 5.69 Å². The van der Waals surface area contributed by atoms with Crippen molar-refractivity contribution in [3.05, 3.63) is 51.3 Å². The summed E-state index contributed by atoms with van der Waals surface area (Å²) in [7, 11) is 0. The number of pyridine rings is 1. The summed E-state index contributed by atoms with van der Waals surface area (Å²) in [6.07, 6.45) is 5.94. The van der Waals surface area contributed by atoms with Crippen LogP contribution in [0, 0.1) is 3.57 Å². The minimum atomic E-state index is 0.487. The number of halogens is 2. The third-order valence-corrected chi connectivity index (χ3v) is 4.80.